The van der Waals surface area contributed by atoms with Gasteiger partial charge in [0.2, 0.25) is 0 Å². The van der Waals surface area contributed by atoms with E-state index in [1.165, 1.54) is 6.07 Å². The van der Waals surface area contributed by atoms with E-state index < -0.39 is 6.09 Å². The average Bonchev–Trinajstić information content (AvgIpc) is 2.47. The third kappa shape index (κ3) is 3.11. The zero-order chi connectivity index (χ0) is 14.7. The molecule has 106 valence electrons. The summed E-state index contributed by atoms with van der Waals surface area (Å²) in [6.07, 6.45) is -0.607. The van der Waals surface area contributed by atoms with E-state index in [4.69, 9.17) is 9.47 Å². The smallest absolute Gasteiger partial charge is 0.417 e. The maximum absolute atomic E-state index is 11.8. The molecule has 2 aromatic rings. The summed E-state index contributed by atoms with van der Waals surface area (Å²) in [7, 11) is 0. The first-order chi connectivity index (χ1) is 10.2. The zero-order valence-electron chi connectivity index (χ0n) is 11.0. The Bertz CT molecular complexity index is 685. The Kier molecular flexibility index (Phi) is 3.42. The van der Waals surface area contributed by atoms with Crippen LogP contribution in [0.15, 0.2) is 48.5 Å². The number of hydrogen-bond acceptors (Lipinski definition) is 4. The van der Waals surface area contributed by atoms with E-state index in [0.717, 1.165) is 0 Å². The van der Waals surface area contributed by atoms with Crippen molar-refractivity contribution < 1.29 is 19.1 Å². The van der Waals surface area contributed by atoms with Gasteiger partial charge in [-0.3, -0.25) is 10.1 Å². The van der Waals surface area contributed by atoms with Crippen LogP contribution in [0.25, 0.3) is 0 Å². The minimum atomic E-state index is -0.607. The first-order valence-electron chi connectivity index (χ1n) is 6.31. The number of amides is 2. The van der Waals surface area contributed by atoms with Crippen LogP contribution in [-0.4, -0.2) is 18.6 Å². The van der Waals surface area contributed by atoms with Gasteiger partial charge in [0.15, 0.2) is 6.61 Å². The van der Waals surface area contributed by atoms with Crippen LogP contribution in [0.2, 0.25) is 0 Å². The molecular formula is C15H12N2O4. The summed E-state index contributed by atoms with van der Waals surface area (Å²) in [4.78, 5) is 23.0. The first kappa shape index (κ1) is 13.0. The summed E-state index contributed by atoms with van der Waals surface area (Å²) in [5.74, 6) is 0.617. The molecular weight excluding hydrogens is 272 g/mol. The Balaban J connectivity index is 1.69. The molecule has 0 aromatic heterocycles. The lowest BCUT2D eigenvalue weighted by molar-refractivity contribution is -0.118. The zero-order valence-corrected chi connectivity index (χ0v) is 11.0. The fourth-order valence-electron chi connectivity index (χ4n) is 1.90. The SMILES string of the molecule is O=C1COc2ccc(OC(=O)Nc3ccccc3)cc2N1. The van der Waals surface area contributed by atoms with E-state index in [1.807, 2.05) is 6.07 Å². The lowest BCUT2D eigenvalue weighted by atomic mass is 10.2. The van der Waals surface area contributed by atoms with Gasteiger partial charge in [0.05, 0.1) is 5.69 Å². The van der Waals surface area contributed by atoms with Crippen molar-refractivity contribution in [1.82, 2.24) is 0 Å². The fraction of sp³-hybridized carbons (Fsp3) is 0.0667. The van der Waals surface area contributed by atoms with Gasteiger partial charge in [-0.2, -0.15) is 0 Å². The number of ether oxygens (including phenoxy) is 2. The largest absolute Gasteiger partial charge is 0.482 e. The van der Waals surface area contributed by atoms with Crippen molar-refractivity contribution in [3.63, 3.8) is 0 Å². The van der Waals surface area contributed by atoms with Gasteiger partial charge in [-0.25, -0.2) is 4.79 Å². The van der Waals surface area contributed by atoms with Gasteiger partial charge in [0.1, 0.15) is 11.5 Å². The first-order valence-corrected chi connectivity index (χ1v) is 6.31. The van der Waals surface area contributed by atoms with Gasteiger partial charge in [-0.15, -0.1) is 0 Å². The molecule has 21 heavy (non-hydrogen) atoms. The molecule has 0 spiro atoms. The van der Waals surface area contributed by atoms with Gasteiger partial charge in [0, 0.05) is 11.8 Å². The molecule has 0 unspecified atom stereocenters. The molecule has 3 rings (SSSR count). The highest BCUT2D eigenvalue weighted by Gasteiger charge is 2.17. The Morgan fingerprint density at radius 2 is 2.00 bits per heavy atom. The molecule has 2 amide bonds. The van der Waals surface area contributed by atoms with Crippen molar-refractivity contribution >= 4 is 23.4 Å². The third-order valence-corrected chi connectivity index (χ3v) is 2.81. The number of para-hydroxylation sites is 1. The minimum absolute atomic E-state index is 0.0122. The van der Waals surface area contributed by atoms with Gasteiger partial charge in [0.25, 0.3) is 5.91 Å². The van der Waals surface area contributed by atoms with Crippen LogP contribution in [0.5, 0.6) is 11.5 Å². The molecule has 2 aromatic carbocycles. The van der Waals surface area contributed by atoms with E-state index in [2.05, 4.69) is 10.6 Å². The van der Waals surface area contributed by atoms with Crippen LogP contribution in [0.4, 0.5) is 16.2 Å². The van der Waals surface area contributed by atoms with Crippen molar-refractivity contribution in [2.24, 2.45) is 0 Å². The van der Waals surface area contributed by atoms with Crippen LogP contribution >= 0.6 is 0 Å². The quantitative estimate of drug-likeness (QED) is 0.888. The number of hydrogen-bond donors (Lipinski definition) is 2. The number of benzene rings is 2. The summed E-state index contributed by atoms with van der Waals surface area (Å²) >= 11 is 0. The molecule has 0 saturated heterocycles. The van der Waals surface area contributed by atoms with Gasteiger partial charge in [-0.1, -0.05) is 18.2 Å². The highest BCUT2D eigenvalue weighted by Crippen LogP contribution is 2.31. The van der Waals surface area contributed by atoms with Crippen LogP contribution in [-0.2, 0) is 4.79 Å². The number of fused-ring (bicyclic) bond motifs is 1. The Labute approximate surface area is 120 Å². The predicted molar refractivity (Wildman–Crippen MR) is 76.7 cm³/mol. The average molecular weight is 284 g/mol. The highest BCUT2D eigenvalue weighted by molar-refractivity contribution is 5.95. The summed E-state index contributed by atoms with van der Waals surface area (Å²) < 4.78 is 10.4. The minimum Gasteiger partial charge on any atom is -0.482 e. The molecule has 0 radical (unpaired) electrons. The summed E-state index contributed by atoms with van der Waals surface area (Å²) in [5, 5.41) is 5.25. The maximum atomic E-state index is 11.8. The Morgan fingerprint density at radius 1 is 1.19 bits per heavy atom. The number of carbonyl (C=O) groups is 2. The predicted octanol–water partition coefficient (Wildman–Crippen LogP) is 2.63. The molecule has 1 aliphatic heterocycles. The molecule has 6 heteroatoms. The highest BCUT2D eigenvalue weighted by atomic mass is 16.6. The van der Waals surface area contributed by atoms with E-state index in [0.29, 0.717) is 22.9 Å². The van der Waals surface area contributed by atoms with E-state index >= 15 is 0 Å². The van der Waals surface area contributed by atoms with Crippen molar-refractivity contribution in [3.8, 4) is 11.5 Å². The van der Waals surface area contributed by atoms with Gasteiger partial charge in [-0.05, 0) is 24.3 Å². The molecule has 0 bridgehead atoms. The topological polar surface area (TPSA) is 76.7 Å². The lowest BCUT2D eigenvalue weighted by Gasteiger charge is -2.18. The molecule has 2 N–H and O–H groups in total. The molecule has 1 aliphatic rings. The second-order valence-electron chi connectivity index (χ2n) is 4.38. The summed E-state index contributed by atoms with van der Waals surface area (Å²) in [6, 6.07) is 13.7. The number of carbonyl (C=O) groups excluding carboxylic acids is 2. The van der Waals surface area contributed by atoms with Crippen molar-refractivity contribution in [1.29, 1.82) is 0 Å². The van der Waals surface area contributed by atoms with Crippen LogP contribution in [0.3, 0.4) is 0 Å². The summed E-state index contributed by atoms with van der Waals surface area (Å²) in [6.45, 7) is -0.0122. The fourth-order valence-corrected chi connectivity index (χ4v) is 1.90. The molecule has 0 saturated carbocycles. The monoisotopic (exact) mass is 284 g/mol. The second-order valence-corrected chi connectivity index (χ2v) is 4.38. The third-order valence-electron chi connectivity index (χ3n) is 2.81. The van der Waals surface area contributed by atoms with E-state index in [9.17, 15) is 9.59 Å². The van der Waals surface area contributed by atoms with E-state index in [1.54, 1.807) is 36.4 Å². The summed E-state index contributed by atoms with van der Waals surface area (Å²) in [5.41, 5.74) is 1.12. The van der Waals surface area contributed by atoms with Crippen LogP contribution in [0, 0.1) is 0 Å². The van der Waals surface area contributed by atoms with Crippen molar-refractivity contribution in [2.45, 2.75) is 0 Å². The van der Waals surface area contributed by atoms with Gasteiger partial charge >= 0.3 is 6.09 Å². The van der Waals surface area contributed by atoms with Gasteiger partial charge < -0.3 is 14.8 Å². The molecule has 0 atom stereocenters. The lowest BCUT2D eigenvalue weighted by Crippen LogP contribution is -2.25. The molecule has 1 heterocycles. The van der Waals surface area contributed by atoms with Crippen LogP contribution < -0.4 is 20.1 Å². The van der Waals surface area contributed by atoms with E-state index in [-0.39, 0.29) is 12.5 Å². The molecule has 6 nitrogen and oxygen atoms in total. The Hall–Kier alpha value is -3.02. The number of anilines is 2. The van der Waals surface area contributed by atoms with Crippen molar-refractivity contribution in [3.05, 3.63) is 48.5 Å². The molecule has 0 fully saturated rings. The normalized spacial score (nSPS) is 12.7. The number of nitrogens with one attached hydrogen (secondary N) is 2. The van der Waals surface area contributed by atoms with Crippen molar-refractivity contribution in [2.75, 3.05) is 17.2 Å². The molecule has 0 aliphatic carbocycles. The second kappa shape index (κ2) is 5.54. The standard InChI is InChI=1S/C15H12N2O4/c18-14-9-20-13-7-6-11(8-12(13)17-14)21-15(19)16-10-4-2-1-3-5-10/h1-8H,9H2,(H,16,19)(H,17,18). The number of rotatable bonds is 2. The Morgan fingerprint density at radius 3 is 2.81 bits per heavy atom. The van der Waals surface area contributed by atoms with Crippen LogP contribution in [0.1, 0.15) is 0 Å². The maximum Gasteiger partial charge on any atom is 0.417 e.